The molecule has 0 aliphatic rings. The molecule has 1 N–H and O–H groups in total. The maximum Gasteiger partial charge on any atom is 0.387 e. The van der Waals surface area contributed by atoms with E-state index in [-0.39, 0.29) is 22.3 Å². The molecule has 0 bridgehead atoms. The van der Waals surface area contributed by atoms with Crippen LogP contribution in [0, 0.1) is 0 Å². The van der Waals surface area contributed by atoms with Crippen LogP contribution < -0.4 is 9.46 Å². The quantitative estimate of drug-likeness (QED) is 0.924. The van der Waals surface area contributed by atoms with Crippen molar-refractivity contribution in [3.63, 3.8) is 0 Å². The van der Waals surface area contributed by atoms with Gasteiger partial charge in [0.1, 0.15) is 11.4 Å². The van der Waals surface area contributed by atoms with Gasteiger partial charge >= 0.3 is 6.61 Å². The van der Waals surface area contributed by atoms with Crippen molar-refractivity contribution in [2.45, 2.75) is 6.61 Å². The van der Waals surface area contributed by atoms with E-state index in [0.717, 1.165) is 12.3 Å². The van der Waals surface area contributed by atoms with Crippen LogP contribution >= 0.6 is 0 Å². The molecule has 9 heteroatoms. The highest BCUT2D eigenvalue weighted by atomic mass is 32.2. The van der Waals surface area contributed by atoms with Gasteiger partial charge in [0.15, 0.2) is 0 Å². The minimum Gasteiger partial charge on any atom is -0.434 e. The van der Waals surface area contributed by atoms with Gasteiger partial charge in [-0.1, -0.05) is 12.1 Å². The van der Waals surface area contributed by atoms with Gasteiger partial charge in [0, 0.05) is 11.5 Å². The van der Waals surface area contributed by atoms with Crippen LogP contribution in [-0.2, 0) is 10.0 Å². The minimum absolute atomic E-state index is 0.231. The lowest BCUT2D eigenvalue weighted by atomic mass is 10.2. The molecule has 1 heterocycles. The van der Waals surface area contributed by atoms with Gasteiger partial charge < -0.3 is 4.74 Å². The molecule has 21 heavy (non-hydrogen) atoms. The minimum atomic E-state index is -3.79. The van der Waals surface area contributed by atoms with E-state index < -0.39 is 22.5 Å². The Hall–Kier alpha value is -2.29. The van der Waals surface area contributed by atoms with Crippen LogP contribution in [0.15, 0.2) is 30.3 Å². The fourth-order valence-electron chi connectivity index (χ4n) is 1.67. The Bertz CT molecular complexity index is 793. The molecule has 0 fully saturated rings. The fraction of sp³-hybridized carbons (Fsp3) is 0.167. The van der Waals surface area contributed by atoms with Crippen molar-refractivity contribution < 1.29 is 26.7 Å². The lowest BCUT2D eigenvalue weighted by molar-refractivity contribution is -0.0488. The summed E-state index contributed by atoms with van der Waals surface area (Å²) < 4.78 is 52.9. The normalized spacial score (nSPS) is 11.6. The number of carbonyl (C=O) groups excluding carboxylic acids is 1. The zero-order valence-electron chi connectivity index (χ0n) is 10.7. The standard InChI is InChI=1S/C12H10F2N2O4S/c1-21(18,19)16-11(17)9-6-10(20-12(13)14)7-4-2-3-5-8(7)15-9/h2-6,12H,1H3,(H,16,17). The van der Waals surface area contributed by atoms with E-state index in [0.29, 0.717) is 0 Å². The predicted molar refractivity (Wildman–Crippen MR) is 70.7 cm³/mol. The number of hydrogen-bond donors (Lipinski definition) is 1. The van der Waals surface area contributed by atoms with Crippen LogP contribution in [0.3, 0.4) is 0 Å². The molecule has 0 spiro atoms. The number of carbonyl (C=O) groups is 1. The molecule has 0 radical (unpaired) electrons. The molecule has 0 unspecified atom stereocenters. The highest BCUT2D eigenvalue weighted by Gasteiger charge is 2.17. The van der Waals surface area contributed by atoms with Gasteiger partial charge in [0.05, 0.1) is 11.8 Å². The van der Waals surface area contributed by atoms with Gasteiger partial charge in [-0.05, 0) is 12.1 Å². The van der Waals surface area contributed by atoms with Crippen molar-refractivity contribution in [2.24, 2.45) is 0 Å². The largest absolute Gasteiger partial charge is 0.434 e. The molecular formula is C12H10F2N2O4S. The first-order valence-electron chi connectivity index (χ1n) is 5.63. The van der Waals surface area contributed by atoms with Crippen molar-refractivity contribution in [1.82, 2.24) is 9.71 Å². The third-order valence-corrected chi connectivity index (χ3v) is 2.96. The number of nitrogens with one attached hydrogen (secondary N) is 1. The monoisotopic (exact) mass is 316 g/mol. The van der Waals surface area contributed by atoms with E-state index in [2.05, 4.69) is 9.72 Å². The predicted octanol–water partition coefficient (Wildman–Crippen LogP) is 1.53. The van der Waals surface area contributed by atoms with Gasteiger partial charge in [-0.2, -0.15) is 8.78 Å². The van der Waals surface area contributed by atoms with Crippen LogP contribution in [0.4, 0.5) is 8.78 Å². The topological polar surface area (TPSA) is 85.4 Å². The number of hydrogen-bond acceptors (Lipinski definition) is 5. The SMILES string of the molecule is CS(=O)(=O)NC(=O)c1cc(OC(F)F)c2ccccc2n1. The number of sulfonamides is 1. The number of ether oxygens (including phenoxy) is 1. The molecule has 112 valence electrons. The number of nitrogens with zero attached hydrogens (tertiary/aromatic N) is 1. The van der Waals surface area contributed by atoms with Crippen LogP contribution in [0.5, 0.6) is 5.75 Å². The zero-order chi connectivity index (χ0) is 15.6. The average Bonchev–Trinajstić information content (AvgIpc) is 2.36. The highest BCUT2D eigenvalue weighted by molar-refractivity contribution is 7.89. The molecule has 1 aromatic carbocycles. The number of rotatable bonds is 4. The molecule has 0 aliphatic heterocycles. The summed E-state index contributed by atoms with van der Waals surface area (Å²) in [4.78, 5) is 15.7. The summed E-state index contributed by atoms with van der Waals surface area (Å²) in [5.41, 5.74) is -0.107. The maximum atomic E-state index is 12.4. The summed E-state index contributed by atoms with van der Waals surface area (Å²) in [6.45, 7) is -3.08. The Balaban J connectivity index is 2.53. The highest BCUT2D eigenvalue weighted by Crippen LogP contribution is 2.26. The van der Waals surface area contributed by atoms with Crippen molar-refractivity contribution in [2.75, 3.05) is 6.26 Å². The molecule has 2 rings (SSSR count). The molecular weight excluding hydrogens is 306 g/mol. The Labute approximate surface area is 118 Å². The maximum absolute atomic E-state index is 12.4. The van der Waals surface area contributed by atoms with Crippen LogP contribution in [0.2, 0.25) is 0 Å². The Kier molecular flexibility index (Phi) is 4.03. The van der Waals surface area contributed by atoms with Crippen molar-refractivity contribution in [1.29, 1.82) is 0 Å². The third kappa shape index (κ3) is 3.85. The van der Waals surface area contributed by atoms with Crippen LogP contribution in [-0.4, -0.2) is 32.2 Å². The Morgan fingerprint density at radius 2 is 2.00 bits per heavy atom. The van der Waals surface area contributed by atoms with E-state index in [4.69, 9.17) is 0 Å². The fourth-order valence-corrected chi connectivity index (χ4v) is 2.12. The number of alkyl halides is 2. The first-order chi connectivity index (χ1) is 9.76. The second-order valence-electron chi connectivity index (χ2n) is 4.10. The number of aromatic nitrogens is 1. The molecule has 0 saturated carbocycles. The molecule has 2 aromatic rings. The lowest BCUT2D eigenvalue weighted by Gasteiger charge is -2.10. The summed E-state index contributed by atoms with van der Waals surface area (Å²) in [6, 6.07) is 7.15. The second-order valence-corrected chi connectivity index (χ2v) is 5.85. The van der Waals surface area contributed by atoms with Gasteiger partial charge in [-0.3, -0.25) is 4.79 Å². The van der Waals surface area contributed by atoms with Crippen molar-refractivity contribution in [3.05, 3.63) is 36.0 Å². The second kappa shape index (κ2) is 5.60. The number of benzene rings is 1. The van der Waals surface area contributed by atoms with E-state index >= 15 is 0 Å². The van der Waals surface area contributed by atoms with Gasteiger partial charge in [-0.25, -0.2) is 18.1 Å². The molecule has 1 aromatic heterocycles. The summed E-state index contributed by atoms with van der Waals surface area (Å²) >= 11 is 0. The number of fused-ring (bicyclic) bond motifs is 1. The zero-order valence-corrected chi connectivity index (χ0v) is 11.5. The Morgan fingerprint density at radius 3 is 2.62 bits per heavy atom. The van der Waals surface area contributed by atoms with Gasteiger partial charge in [0.2, 0.25) is 10.0 Å². The summed E-state index contributed by atoms with van der Waals surface area (Å²) in [5, 5.41) is 0.286. The summed E-state index contributed by atoms with van der Waals surface area (Å²) in [6.07, 6.45) is 0.794. The van der Waals surface area contributed by atoms with Gasteiger partial charge in [0.25, 0.3) is 5.91 Å². The summed E-state index contributed by atoms with van der Waals surface area (Å²) in [7, 11) is -3.79. The average molecular weight is 316 g/mol. The molecule has 6 nitrogen and oxygen atoms in total. The summed E-state index contributed by atoms with van der Waals surface area (Å²) in [5.74, 6) is -1.28. The van der Waals surface area contributed by atoms with Gasteiger partial charge in [-0.15, -0.1) is 0 Å². The number of halogens is 2. The van der Waals surface area contributed by atoms with E-state index in [1.807, 2.05) is 0 Å². The van der Waals surface area contributed by atoms with Crippen LogP contribution in [0.1, 0.15) is 10.5 Å². The van der Waals surface area contributed by atoms with E-state index in [9.17, 15) is 22.0 Å². The molecule has 0 atom stereocenters. The van der Waals surface area contributed by atoms with E-state index in [1.165, 1.54) is 12.1 Å². The smallest absolute Gasteiger partial charge is 0.387 e. The third-order valence-electron chi connectivity index (χ3n) is 2.41. The molecule has 0 aliphatic carbocycles. The first-order valence-corrected chi connectivity index (χ1v) is 7.52. The van der Waals surface area contributed by atoms with Crippen molar-refractivity contribution >= 4 is 26.8 Å². The van der Waals surface area contributed by atoms with E-state index in [1.54, 1.807) is 16.9 Å². The lowest BCUT2D eigenvalue weighted by Crippen LogP contribution is -2.30. The first kappa shape index (κ1) is 15.1. The number of amides is 1. The number of para-hydroxylation sites is 1. The van der Waals surface area contributed by atoms with Crippen LogP contribution in [0.25, 0.3) is 10.9 Å². The molecule has 0 saturated heterocycles. The van der Waals surface area contributed by atoms with Crippen molar-refractivity contribution in [3.8, 4) is 5.75 Å². The molecule has 1 amide bonds. The number of pyridine rings is 1. The Morgan fingerprint density at radius 1 is 1.33 bits per heavy atom.